The number of carbonyl (C=O) groups is 1. The largest absolute Gasteiger partial charge is 0.465 e. The van der Waals surface area contributed by atoms with Gasteiger partial charge < -0.3 is 15.0 Å². The summed E-state index contributed by atoms with van der Waals surface area (Å²) in [6.45, 7) is 4.81. The average Bonchev–Trinajstić information content (AvgIpc) is 2.46. The van der Waals surface area contributed by atoms with Gasteiger partial charge in [-0.3, -0.25) is 9.69 Å². The van der Waals surface area contributed by atoms with Gasteiger partial charge >= 0.3 is 6.09 Å². The number of aromatic amines is 1. The van der Waals surface area contributed by atoms with Crippen molar-refractivity contribution in [3.05, 3.63) is 33.7 Å². The van der Waals surface area contributed by atoms with Gasteiger partial charge in [-0.1, -0.05) is 11.6 Å². The molecule has 1 fully saturated rings. The highest BCUT2D eigenvalue weighted by atomic mass is 35.5. The molecule has 1 aliphatic rings. The Labute approximate surface area is 137 Å². The van der Waals surface area contributed by atoms with E-state index >= 15 is 0 Å². The number of amides is 1. The third-order valence-corrected chi connectivity index (χ3v) is 4.55. The maximum atomic E-state index is 11.4. The fraction of sp³-hybridized carbons (Fsp3) is 0.400. The summed E-state index contributed by atoms with van der Waals surface area (Å²) >= 11 is 6.49. The number of aromatic nitrogens is 2. The van der Waals surface area contributed by atoms with Gasteiger partial charge in [-0.2, -0.15) is 0 Å². The summed E-state index contributed by atoms with van der Waals surface area (Å²) < 4.78 is 0. The van der Waals surface area contributed by atoms with E-state index in [1.54, 1.807) is 12.3 Å². The van der Waals surface area contributed by atoms with E-state index in [0.29, 0.717) is 29.1 Å². The van der Waals surface area contributed by atoms with Gasteiger partial charge in [-0.15, -0.1) is 0 Å². The fourth-order valence-corrected chi connectivity index (χ4v) is 3.50. The van der Waals surface area contributed by atoms with Crippen LogP contribution in [0.2, 0.25) is 5.02 Å². The summed E-state index contributed by atoms with van der Waals surface area (Å²) in [7, 11) is 0. The molecule has 0 bridgehead atoms. The maximum Gasteiger partial charge on any atom is 0.407 e. The van der Waals surface area contributed by atoms with E-state index in [2.05, 4.69) is 9.97 Å². The van der Waals surface area contributed by atoms with Crippen molar-refractivity contribution in [2.75, 3.05) is 18.0 Å². The topological polar surface area (TPSA) is 89.5 Å². The van der Waals surface area contributed by atoms with E-state index < -0.39 is 6.09 Å². The lowest BCUT2D eigenvalue weighted by atomic mass is 10.1. The molecule has 122 valence electrons. The molecule has 2 N–H and O–H groups in total. The molecular weight excluding hydrogens is 320 g/mol. The van der Waals surface area contributed by atoms with Gasteiger partial charge in [-0.25, -0.2) is 9.78 Å². The SMILES string of the molecule is C[C@H]1CN(c2cnc3[nH]c(=O)ccc3c2Cl)C[C@H](C)N1C(=O)O. The van der Waals surface area contributed by atoms with Gasteiger partial charge in [0.05, 0.1) is 29.0 Å². The van der Waals surface area contributed by atoms with Crippen molar-refractivity contribution >= 4 is 34.4 Å². The second-order valence-corrected chi connectivity index (χ2v) is 6.21. The quantitative estimate of drug-likeness (QED) is 0.833. The van der Waals surface area contributed by atoms with Gasteiger partial charge in [-0.05, 0) is 19.9 Å². The molecule has 0 aliphatic carbocycles. The maximum absolute atomic E-state index is 11.4. The first-order valence-corrected chi connectivity index (χ1v) is 7.70. The Bertz CT molecular complexity index is 810. The number of H-pyrrole nitrogens is 1. The molecule has 8 heteroatoms. The van der Waals surface area contributed by atoms with E-state index in [9.17, 15) is 14.7 Å². The number of anilines is 1. The minimum absolute atomic E-state index is 0.154. The number of carboxylic acid groups (broad SMARTS) is 1. The molecule has 0 unspecified atom stereocenters. The molecule has 7 nitrogen and oxygen atoms in total. The number of pyridine rings is 2. The highest BCUT2D eigenvalue weighted by Gasteiger charge is 2.33. The van der Waals surface area contributed by atoms with Gasteiger partial charge in [0.15, 0.2) is 0 Å². The summed E-state index contributed by atoms with van der Waals surface area (Å²) in [5.41, 5.74) is 0.956. The number of hydrogen-bond donors (Lipinski definition) is 2. The summed E-state index contributed by atoms with van der Waals surface area (Å²) in [5.74, 6) is 0. The number of rotatable bonds is 1. The van der Waals surface area contributed by atoms with Crippen molar-refractivity contribution < 1.29 is 9.90 Å². The molecule has 1 aliphatic heterocycles. The van der Waals surface area contributed by atoms with Crippen LogP contribution in [0.5, 0.6) is 0 Å². The third-order valence-electron chi connectivity index (χ3n) is 4.16. The van der Waals surface area contributed by atoms with Gasteiger partial charge in [0.25, 0.3) is 0 Å². The van der Waals surface area contributed by atoms with Crippen LogP contribution in [-0.2, 0) is 0 Å². The van der Waals surface area contributed by atoms with Crippen molar-refractivity contribution in [2.24, 2.45) is 0 Å². The monoisotopic (exact) mass is 336 g/mol. The Morgan fingerprint density at radius 2 is 2.00 bits per heavy atom. The number of nitrogens with zero attached hydrogens (tertiary/aromatic N) is 3. The summed E-state index contributed by atoms with van der Waals surface area (Å²) in [4.78, 5) is 33.1. The van der Waals surface area contributed by atoms with Crippen LogP contribution in [0.25, 0.3) is 11.0 Å². The Morgan fingerprint density at radius 1 is 1.35 bits per heavy atom. The minimum atomic E-state index is -0.912. The molecule has 2 aromatic heterocycles. The van der Waals surface area contributed by atoms with E-state index in [-0.39, 0.29) is 17.6 Å². The lowest BCUT2D eigenvalue weighted by molar-refractivity contribution is 0.0983. The minimum Gasteiger partial charge on any atom is -0.465 e. The fourth-order valence-electron chi connectivity index (χ4n) is 3.18. The van der Waals surface area contributed by atoms with Crippen LogP contribution in [0.3, 0.4) is 0 Å². The molecule has 0 saturated carbocycles. The Morgan fingerprint density at radius 3 is 2.61 bits per heavy atom. The zero-order valence-corrected chi connectivity index (χ0v) is 13.5. The molecule has 0 radical (unpaired) electrons. The van der Waals surface area contributed by atoms with Crippen molar-refractivity contribution in [2.45, 2.75) is 25.9 Å². The van der Waals surface area contributed by atoms with Crippen LogP contribution in [0, 0.1) is 0 Å². The Kier molecular flexibility index (Phi) is 3.89. The van der Waals surface area contributed by atoms with E-state index in [1.807, 2.05) is 18.7 Å². The predicted octanol–water partition coefficient (Wildman–Crippen LogP) is 2.15. The zero-order chi connectivity index (χ0) is 16.7. The Hall–Kier alpha value is -2.28. The zero-order valence-electron chi connectivity index (χ0n) is 12.8. The molecule has 2 atom stereocenters. The van der Waals surface area contributed by atoms with E-state index in [1.165, 1.54) is 11.0 Å². The summed E-state index contributed by atoms with van der Waals surface area (Å²) in [6.07, 6.45) is 0.709. The molecule has 1 amide bonds. The van der Waals surface area contributed by atoms with Crippen LogP contribution >= 0.6 is 11.6 Å². The second kappa shape index (κ2) is 5.73. The van der Waals surface area contributed by atoms with Crippen molar-refractivity contribution in [1.82, 2.24) is 14.9 Å². The van der Waals surface area contributed by atoms with Crippen molar-refractivity contribution in [3.63, 3.8) is 0 Å². The van der Waals surface area contributed by atoms with Gasteiger partial charge in [0.2, 0.25) is 5.56 Å². The molecule has 3 heterocycles. The number of nitrogens with one attached hydrogen (secondary N) is 1. The Balaban J connectivity index is 1.98. The lowest BCUT2D eigenvalue weighted by Gasteiger charge is -2.44. The first-order chi connectivity index (χ1) is 10.9. The van der Waals surface area contributed by atoms with E-state index in [4.69, 9.17) is 11.6 Å². The summed E-state index contributed by atoms with van der Waals surface area (Å²) in [5, 5.41) is 10.5. The van der Waals surface area contributed by atoms with Crippen LogP contribution in [0.1, 0.15) is 13.8 Å². The molecule has 23 heavy (non-hydrogen) atoms. The van der Waals surface area contributed by atoms with Crippen molar-refractivity contribution in [1.29, 1.82) is 0 Å². The standard InChI is InChI=1S/C15H17ClN4O3/c1-8-6-19(7-9(2)20(8)15(22)23)11-5-17-14-10(13(11)16)3-4-12(21)18-14/h3-5,8-9H,6-7H2,1-2H3,(H,22,23)(H,17,18,21)/t8-,9-/m0/s1. The molecule has 3 rings (SSSR count). The first-order valence-electron chi connectivity index (χ1n) is 7.32. The number of fused-ring (bicyclic) bond motifs is 1. The van der Waals surface area contributed by atoms with E-state index in [0.717, 1.165) is 5.69 Å². The van der Waals surface area contributed by atoms with Crippen LogP contribution in [0.4, 0.5) is 10.5 Å². The third kappa shape index (κ3) is 2.72. The van der Waals surface area contributed by atoms with Crippen LogP contribution < -0.4 is 10.5 Å². The smallest absolute Gasteiger partial charge is 0.407 e. The molecular formula is C15H17ClN4O3. The molecule has 1 saturated heterocycles. The van der Waals surface area contributed by atoms with Gasteiger partial charge in [0, 0.05) is 24.5 Å². The lowest BCUT2D eigenvalue weighted by Crippen LogP contribution is -2.58. The average molecular weight is 337 g/mol. The van der Waals surface area contributed by atoms with Crippen LogP contribution in [0.15, 0.2) is 23.1 Å². The highest BCUT2D eigenvalue weighted by Crippen LogP contribution is 2.33. The normalized spacial score (nSPS) is 21.7. The molecule has 2 aromatic rings. The first kappa shape index (κ1) is 15.6. The molecule has 0 aromatic carbocycles. The molecule has 0 spiro atoms. The van der Waals surface area contributed by atoms with Gasteiger partial charge in [0.1, 0.15) is 5.65 Å². The van der Waals surface area contributed by atoms with Crippen LogP contribution in [-0.4, -0.2) is 51.2 Å². The second-order valence-electron chi connectivity index (χ2n) is 5.84. The predicted molar refractivity (Wildman–Crippen MR) is 88.4 cm³/mol. The number of piperazine rings is 1. The number of halogens is 1. The van der Waals surface area contributed by atoms with Crippen molar-refractivity contribution in [3.8, 4) is 0 Å². The highest BCUT2D eigenvalue weighted by molar-refractivity contribution is 6.37. The summed E-state index contributed by atoms with van der Waals surface area (Å²) in [6, 6.07) is 2.75. The number of hydrogen-bond acceptors (Lipinski definition) is 4.